The predicted molar refractivity (Wildman–Crippen MR) is 205 cm³/mol. The number of carbonyl (C=O) groups excluding carboxylic acids is 4. The molecule has 0 aliphatic heterocycles. The average molecular weight is 722 g/mol. The molecule has 0 fully saturated rings. The fourth-order valence-electron chi connectivity index (χ4n) is 3.00. The lowest BCUT2D eigenvalue weighted by molar-refractivity contribution is -0.858. The number of hydrogen-bond acceptors (Lipinski definition) is 8. The maximum atomic E-state index is 11.4. The number of hydrogen-bond donors (Lipinski definition) is 2. The standard InChI is InChI=1S/2C10H21NO2.C10H20O2.C8H16O2.C2H6/c2*1-6-10(2,3)9(12)13-8-7-11(4)5;1-5-7-8-12-9(11)10(3,4)6-2;1-4-6-8(3,5-2)7(9)10;1-2/h2*6-8H2,1-5H3;5-8H2,1-4H3;4-6H2,1-3H3,(H,9,10);1-2H3/p+1. The van der Waals surface area contributed by atoms with E-state index in [-0.39, 0.29) is 34.2 Å². The van der Waals surface area contributed by atoms with Crippen LogP contribution in [0.25, 0.3) is 0 Å². The van der Waals surface area contributed by atoms with Crippen LogP contribution in [0.4, 0.5) is 0 Å². The summed E-state index contributed by atoms with van der Waals surface area (Å²) in [6.07, 6.45) is 6.78. The number of carboxylic acid groups (broad SMARTS) is 1. The molecule has 1 unspecified atom stereocenters. The summed E-state index contributed by atoms with van der Waals surface area (Å²) >= 11 is 0. The van der Waals surface area contributed by atoms with Crippen molar-refractivity contribution in [2.75, 3.05) is 61.1 Å². The lowest BCUT2D eigenvalue weighted by Crippen LogP contribution is -3.06. The van der Waals surface area contributed by atoms with Crippen LogP contribution in [-0.2, 0) is 33.4 Å². The smallest absolute Gasteiger partial charge is 0.311 e. The number of nitrogens with one attached hydrogen (secondary N) is 2. The van der Waals surface area contributed by atoms with E-state index in [1.165, 1.54) is 9.80 Å². The maximum Gasteiger partial charge on any atom is 0.311 e. The van der Waals surface area contributed by atoms with Gasteiger partial charge in [0.15, 0.2) is 0 Å². The van der Waals surface area contributed by atoms with Gasteiger partial charge in [0.2, 0.25) is 0 Å². The molecule has 10 nitrogen and oxygen atoms in total. The van der Waals surface area contributed by atoms with Crippen LogP contribution in [0, 0.1) is 21.7 Å². The van der Waals surface area contributed by atoms with Gasteiger partial charge in [-0.15, -0.1) is 0 Å². The van der Waals surface area contributed by atoms with Crippen molar-refractivity contribution in [2.45, 2.75) is 155 Å². The Morgan fingerprint density at radius 1 is 0.520 bits per heavy atom. The highest BCUT2D eigenvalue weighted by atomic mass is 16.5. The van der Waals surface area contributed by atoms with Gasteiger partial charge in [0, 0.05) is 11.4 Å². The van der Waals surface area contributed by atoms with Gasteiger partial charge in [0.1, 0.15) is 26.3 Å². The molecule has 50 heavy (non-hydrogen) atoms. The second-order valence-corrected chi connectivity index (χ2v) is 15.3. The summed E-state index contributed by atoms with van der Waals surface area (Å²) in [6, 6.07) is 0. The van der Waals surface area contributed by atoms with Crippen molar-refractivity contribution in [3.8, 4) is 0 Å². The number of esters is 3. The molecule has 0 aromatic heterocycles. The first-order valence-electron chi connectivity index (χ1n) is 19.2. The molecule has 0 saturated heterocycles. The van der Waals surface area contributed by atoms with Gasteiger partial charge in [-0.3, -0.25) is 14.4 Å². The largest absolute Gasteiger partial charge is 0.550 e. The van der Waals surface area contributed by atoms with Crippen LogP contribution >= 0.6 is 0 Å². The van der Waals surface area contributed by atoms with Crippen LogP contribution in [-0.4, -0.2) is 85.0 Å². The van der Waals surface area contributed by atoms with Gasteiger partial charge in [0.05, 0.1) is 51.0 Å². The van der Waals surface area contributed by atoms with Crippen LogP contribution in [0.3, 0.4) is 0 Å². The Morgan fingerprint density at radius 3 is 1.00 bits per heavy atom. The molecular weight excluding hydrogens is 636 g/mol. The molecular formula is C40H85N2O8+. The van der Waals surface area contributed by atoms with Crippen molar-refractivity contribution in [1.29, 1.82) is 0 Å². The van der Waals surface area contributed by atoms with E-state index >= 15 is 0 Å². The summed E-state index contributed by atoms with van der Waals surface area (Å²) in [6.45, 7) is 32.5. The van der Waals surface area contributed by atoms with E-state index in [2.05, 4.69) is 6.92 Å². The van der Waals surface area contributed by atoms with Gasteiger partial charge in [-0.1, -0.05) is 75.2 Å². The monoisotopic (exact) mass is 722 g/mol. The molecule has 0 amide bonds. The molecule has 0 aliphatic rings. The van der Waals surface area contributed by atoms with Gasteiger partial charge in [-0.2, -0.15) is 0 Å². The minimum absolute atomic E-state index is 0.0709. The molecule has 0 spiro atoms. The number of ether oxygens (including phenoxy) is 3. The summed E-state index contributed by atoms with van der Waals surface area (Å²) in [7, 11) is 8.16. The predicted octanol–water partition coefficient (Wildman–Crippen LogP) is 4.97. The number of likely N-dealkylation sites (N-methyl/N-ethyl adjacent to an activating group) is 2. The summed E-state index contributed by atoms with van der Waals surface area (Å²) in [5.74, 6) is -1.16. The van der Waals surface area contributed by atoms with E-state index in [1.807, 2.05) is 118 Å². The van der Waals surface area contributed by atoms with E-state index < -0.39 is 11.4 Å². The SMILES string of the molecule is CC.CCC(C)(C)C(=O)OCC[NH+](C)C.CCC(C)(C)C(=O)OCC[NH+](C)C.CCCC(C)(CC)C(=O)[O-].CCCCOC(=O)C(C)(C)CC. The van der Waals surface area contributed by atoms with Crippen LogP contribution in [0.1, 0.15) is 155 Å². The Morgan fingerprint density at radius 2 is 0.820 bits per heavy atom. The third kappa shape index (κ3) is 30.6. The summed E-state index contributed by atoms with van der Waals surface area (Å²) < 4.78 is 15.4. The molecule has 1 atom stereocenters. The summed E-state index contributed by atoms with van der Waals surface area (Å²) in [5.41, 5.74) is -1.58. The second kappa shape index (κ2) is 31.5. The molecule has 0 saturated carbocycles. The number of carbonyl (C=O) groups is 4. The maximum absolute atomic E-state index is 11.4. The lowest BCUT2D eigenvalue weighted by Gasteiger charge is -2.28. The van der Waals surface area contributed by atoms with E-state index in [0.29, 0.717) is 32.7 Å². The van der Waals surface area contributed by atoms with Crippen LogP contribution in [0.2, 0.25) is 0 Å². The van der Waals surface area contributed by atoms with E-state index in [1.54, 1.807) is 6.92 Å². The molecule has 0 bridgehead atoms. The normalized spacial score (nSPS) is 12.3. The van der Waals surface area contributed by atoms with Crippen molar-refractivity contribution < 1.29 is 48.3 Å². The highest BCUT2D eigenvalue weighted by Crippen LogP contribution is 2.26. The zero-order chi connectivity index (χ0) is 40.8. The first kappa shape index (κ1) is 57.2. The zero-order valence-electron chi connectivity index (χ0n) is 36.5. The van der Waals surface area contributed by atoms with Crippen molar-refractivity contribution in [3.63, 3.8) is 0 Å². The van der Waals surface area contributed by atoms with Gasteiger partial charge in [-0.25, -0.2) is 0 Å². The molecule has 10 heteroatoms. The minimum Gasteiger partial charge on any atom is -0.550 e. The molecule has 0 heterocycles. The van der Waals surface area contributed by atoms with Gasteiger partial charge in [-0.05, 0) is 80.1 Å². The van der Waals surface area contributed by atoms with E-state index in [0.717, 1.165) is 51.6 Å². The second-order valence-electron chi connectivity index (χ2n) is 15.3. The van der Waals surface area contributed by atoms with Crippen molar-refractivity contribution in [3.05, 3.63) is 0 Å². The Hall–Kier alpha value is -2.20. The van der Waals surface area contributed by atoms with Crippen molar-refractivity contribution in [1.82, 2.24) is 0 Å². The lowest BCUT2D eigenvalue weighted by atomic mass is 9.83. The topological polar surface area (TPSA) is 128 Å². The first-order chi connectivity index (χ1) is 22.9. The molecule has 0 rings (SSSR count). The van der Waals surface area contributed by atoms with E-state index in [4.69, 9.17) is 14.2 Å². The summed E-state index contributed by atoms with van der Waals surface area (Å²) in [4.78, 5) is 47.4. The molecule has 0 radical (unpaired) electrons. The van der Waals surface area contributed by atoms with Crippen molar-refractivity contribution in [2.24, 2.45) is 21.7 Å². The molecule has 0 aromatic carbocycles. The van der Waals surface area contributed by atoms with Gasteiger partial charge >= 0.3 is 17.9 Å². The quantitative estimate of drug-likeness (QED) is 0.109. The summed E-state index contributed by atoms with van der Waals surface area (Å²) in [5, 5.41) is 10.5. The Labute approximate surface area is 309 Å². The van der Waals surface area contributed by atoms with Gasteiger partial charge < -0.3 is 33.9 Å². The van der Waals surface area contributed by atoms with Crippen LogP contribution < -0.4 is 14.9 Å². The zero-order valence-corrected chi connectivity index (χ0v) is 36.5. The van der Waals surface area contributed by atoms with Crippen LogP contribution in [0.5, 0.6) is 0 Å². The fraction of sp³-hybridized carbons (Fsp3) is 0.900. The third-order valence-electron chi connectivity index (χ3n) is 8.79. The van der Waals surface area contributed by atoms with E-state index in [9.17, 15) is 24.3 Å². The first-order valence-corrected chi connectivity index (χ1v) is 19.2. The number of unbranched alkanes of at least 4 members (excludes halogenated alkanes) is 1. The molecule has 0 aliphatic carbocycles. The minimum atomic E-state index is -0.920. The number of aliphatic carboxylic acids is 1. The molecule has 2 N–H and O–H groups in total. The Balaban J connectivity index is -0.000000178. The molecule has 302 valence electrons. The highest BCUT2D eigenvalue weighted by molar-refractivity contribution is 5.76. The fourth-order valence-corrected chi connectivity index (χ4v) is 3.00. The molecule has 0 aromatic rings. The highest BCUT2D eigenvalue weighted by Gasteiger charge is 2.28. The number of quaternary nitrogens is 2. The third-order valence-corrected chi connectivity index (χ3v) is 8.79. The van der Waals surface area contributed by atoms with Gasteiger partial charge in [0.25, 0.3) is 0 Å². The van der Waals surface area contributed by atoms with Crippen LogP contribution in [0.15, 0.2) is 0 Å². The Bertz CT molecular complexity index is 831. The number of carboxylic acids is 1. The Kier molecular flexibility index (Phi) is 36.0. The average Bonchev–Trinajstić information content (AvgIpc) is 3.06. The number of rotatable bonds is 19. The van der Waals surface area contributed by atoms with Crippen molar-refractivity contribution >= 4 is 23.9 Å².